The molecular formula is C25H25N5O3. The Labute approximate surface area is 192 Å². The highest BCUT2D eigenvalue weighted by atomic mass is 16.2. The Morgan fingerprint density at radius 2 is 1.55 bits per heavy atom. The number of imidazole rings is 1. The van der Waals surface area contributed by atoms with Crippen molar-refractivity contribution in [1.29, 1.82) is 0 Å². The van der Waals surface area contributed by atoms with Crippen LogP contribution in [0.15, 0.2) is 60.9 Å². The molecule has 2 aromatic carbocycles. The number of aromatic nitrogens is 2. The standard InChI is InChI=1S/C25H25N5O3/c1-18-6-8-19(9-7-18)29-13-11-26-25(29)28-16-14-27(15-17-28)22(31)10-12-30-23(32)20-4-2-3-5-21(20)24(30)33/h2-9,11,13H,10,12,14-17H2,1H3. The van der Waals surface area contributed by atoms with Gasteiger partial charge in [0.25, 0.3) is 11.8 Å². The van der Waals surface area contributed by atoms with E-state index >= 15 is 0 Å². The molecule has 0 radical (unpaired) electrons. The van der Waals surface area contributed by atoms with Crippen molar-refractivity contribution in [3.63, 3.8) is 0 Å². The van der Waals surface area contributed by atoms with Crippen LogP contribution >= 0.6 is 0 Å². The van der Waals surface area contributed by atoms with Crippen LogP contribution in [0.5, 0.6) is 0 Å². The number of fused-ring (bicyclic) bond motifs is 1. The third-order valence-corrected chi connectivity index (χ3v) is 6.28. The second-order valence-corrected chi connectivity index (χ2v) is 8.36. The van der Waals surface area contributed by atoms with E-state index in [1.807, 2.05) is 6.20 Å². The predicted octanol–water partition coefficient (Wildman–Crippen LogP) is 2.52. The van der Waals surface area contributed by atoms with Crippen molar-refractivity contribution in [1.82, 2.24) is 19.4 Å². The molecule has 168 valence electrons. The summed E-state index contributed by atoms with van der Waals surface area (Å²) < 4.78 is 2.05. The lowest BCUT2D eigenvalue weighted by Gasteiger charge is -2.35. The van der Waals surface area contributed by atoms with Gasteiger partial charge in [0.05, 0.1) is 11.1 Å². The average molecular weight is 444 g/mol. The van der Waals surface area contributed by atoms with E-state index in [0.29, 0.717) is 37.3 Å². The highest BCUT2D eigenvalue weighted by molar-refractivity contribution is 6.21. The highest BCUT2D eigenvalue weighted by Gasteiger charge is 2.35. The molecule has 0 bridgehead atoms. The number of nitrogens with zero attached hydrogens (tertiary/aromatic N) is 5. The summed E-state index contributed by atoms with van der Waals surface area (Å²) in [5.74, 6) is 0.164. The van der Waals surface area contributed by atoms with Gasteiger partial charge in [-0.25, -0.2) is 4.98 Å². The molecule has 2 aliphatic heterocycles. The number of piperazine rings is 1. The number of benzene rings is 2. The zero-order valence-corrected chi connectivity index (χ0v) is 18.5. The fourth-order valence-corrected chi connectivity index (χ4v) is 4.40. The van der Waals surface area contributed by atoms with Gasteiger partial charge in [-0.1, -0.05) is 29.8 Å². The maximum Gasteiger partial charge on any atom is 0.261 e. The lowest BCUT2D eigenvalue weighted by atomic mass is 10.1. The molecule has 1 saturated heterocycles. The van der Waals surface area contributed by atoms with Crippen molar-refractivity contribution in [3.05, 3.63) is 77.6 Å². The quantitative estimate of drug-likeness (QED) is 0.567. The van der Waals surface area contributed by atoms with Crippen molar-refractivity contribution in [2.24, 2.45) is 0 Å². The number of anilines is 1. The number of hydrogen-bond donors (Lipinski definition) is 0. The molecule has 8 heteroatoms. The molecule has 0 N–H and O–H groups in total. The summed E-state index contributed by atoms with van der Waals surface area (Å²) in [4.78, 5) is 47.5. The SMILES string of the molecule is Cc1ccc(-n2ccnc2N2CCN(C(=O)CCN3C(=O)c4ccccc4C3=O)CC2)cc1. The molecule has 1 aromatic heterocycles. The van der Waals surface area contributed by atoms with Crippen molar-refractivity contribution >= 4 is 23.7 Å². The molecule has 0 atom stereocenters. The summed E-state index contributed by atoms with van der Waals surface area (Å²) in [6.07, 6.45) is 3.86. The smallest absolute Gasteiger partial charge is 0.261 e. The van der Waals surface area contributed by atoms with Crippen molar-refractivity contribution in [2.45, 2.75) is 13.3 Å². The van der Waals surface area contributed by atoms with Crippen molar-refractivity contribution in [2.75, 3.05) is 37.6 Å². The van der Waals surface area contributed by atoms with E-state index in [4.69, 9.17) is 0 Å². The van der Waals surface area contributed by atoms with Gasteiger partial charge in [0.2, 0.25) is 11.9 Å². The Kier molecular flexibility index (Phi) is 5.42. The second kappa shape index (κ2) is 8.54. The molecule has 0 spiro atoms. The van der Waals surface area contributed by atoms with Crippen molar-refractivity contribution in [3.8, 4) is 5.69 Å². The summed E-state index contributed by atoms with van der Waals surface area (Å²) in [5, 5.41) is 0. The molecule has 3 aromatic rings. The van der Waals surface area contributed by atoms with Crippen molar-refractivity contribution < 1.29 is 14.4 Å². The van der Waals surface area contributed by atoms with Crippen LogP contribution in [0.4, 0.5) is 5.95 Å². The monoisotopic (exact) mass is 443 g/mol. The van der Waals surface area contributed by atoms with Crippen LogP contribution in [0, 0.1) is 6.92 Å². The first-order valence-corrected chi connectivity index (χ1v) is 11.1. The molecule has 3 heterocycles. The Morgan fingerprint density at radius 3 is 2.18 bits per heavy atom. The minimum absolute atomic E-state index is 0.0481. The normalized spacial score (nSPS) is 15.8. The van der Waals surface area contributed by atoms with Gasteiger partial charge in [0.15, 0.2) is 0 Å². The number of aryl methyl sites for hydroxylation is 1. The van der Waals surface area contributed by atoms with Crippen LogP contribution in [-0.4, -0.2) is 69.8 Å². The van der Waals surface area contributed by atoms with E-state index in [1.54, 1.807) is 35.4 Å². The van der Waals surface area contributed by atoms with Gasteiger partial charge in [-0.15, -0.1) is 0 Å². The first-order valence-electron chi connectivity index (χ1n) is 11.1. The van der Waals surface area contributed by atoms with E-state index in [1.165, 1.54) is 10.5 Å². The minimum atomic E-state index is -0.323. The van der Waals surface area contributed by atoms with E-state index < -0.39 is 0 Å². The van der Waals surface area contributed by atoms with Gasteiger partial charge in [0, 0.05) is 57.2 Å². The van der Waals surface area contributed by atoms with E-state index in [0.717, 1.165) is 11.6 Å². The Balaban J connectivity index is 1.18. The minimum Gasteiger partial charge on any atom is -0.339 e. The molecule has 2 aliphatic rings. The predicted molar refractivity (Wildman–Crippen MR) is 124 cm³/mol. The molecule has 0 saturated carbocycles. The van der Waals surface area contributed by atoms with Gasteiger partial charge in [-0.2, -0.15) is 0 Å². The fourth-order valence-electron chi connectivity index (χ4n) is 4.40. The number of imide groups is 1. The van der Waals surface area contributed by atoms with Gasteiger partial charge in [-0.05, 0) is 31.2 Å². The number of rotatable bonds is 5. The first-order chi connectivity index (χ1) is 16.0. The fraction of sp³-hybridized carbons (Fsp3) is 0.280. The van der Waals surface area contributed by atoms with E-state index in [9.17, 15) is 14.4 Å². The second-order valence-electron chi connectivity index (χ2n) is 8.36. The maximum absolute atomic E-state index is 12.8. The molecule has 8 nitrogen and oxygen atoms in total. The molecule has 33 heavy (non-hydrogen) atoms. The van der Waals surface area contributed by atoms with E-state index in [-0.39, 0.29) is 30.7 Å². The van der Waals surface area contributed by atoms with Gasteiger partial charge >= 0.3 is 0 Å². The zero-order valence-electron chi connectivity index (χ0n) is 18.5. The third kappa shape index (κ3) is 3.88. The molecule has 1 fully saturated rings. The molecule has 5 rings (SSSR count). The maximum atomic E-state index is 12.8. The average Bonchev–Trinajstić information content (AvgIpc) is 3.42. The Bertz CT molecular complexity index is 1170. The zero-order chi connectivity index (χ0) is 22.9. The largest absolute Gasteiger partial charge is 0.339 e. The number of hydrogen-bond acceptors (Lipinski definition) is 5. The molecular weight excluding hydrogens is 418 g/mol. The summed E-state index contributed by atoms with van der Waals surface area (Å²) >= 11 is 0. The lowest BCUT2D eigenvalue weighted by molar-refractivity contribution is -0.131. The van der Waals surface area contributed by atoms with E-state index in [2.05, 4.69) is 45.6 Å². The topological polar surface area (TPSA) is 78.8 Å². The van der Waals surface area contributed by atoms with Gasteiger partial charge in [0.1, 0.15) is 0 Å². The lowest BCUT2D eigenvalue weighted by Crippen LogP contribution is -2.50. The van der Waals surface area contributed by atoms with Crippen LogP contribution in [0.25, 0.3) is 5.69 Å². The Morgan fingerprint density at radius 1 is 0.909 bits per heavy atom. The summed E-state index contributed by atoms with van der Waals surface area (Å²) in [5.41, 5.74) is 3.07. The third-order valence-electron chi connectivity index (χ3n) is 6.28. The van der Waals surface area contributed by atoms with Crippen LogP contribution in [0.1, 0.15) is 32.7 Å². The molecule has 0 unspecified atom stereocenters. The van der Waals surface area contributed by atoms with Gasteiger partial charge < -0.3 is 9.80 Å². The highest BCUT2D eigenvalue weighted by Crippen LogP contribution is 2.23. The summed E-state index contributed by atoms with van der Waals surface area (Å²) in [6.45, 7) is 4.64. The number of carbonyl (C=O) groups is 3. The van der Waals surface area contributed by atoms with Gasteiger partial charge in [-0.3, -0.25) is 23.9 Å². The van der Waals surface area contributed by atoms with Crippen LogP contribution in [0.3, 0.4) is 0 Å². The van der Waals surface area contributed by atoms with Crippen LogP contribution in [-0.2, 0) is 4.79 Å². The van der Waals surface area contributed by atoms with Crippen LogP contribution in [0.2, 0.25) is 0 Å². The summed E-state index contributed by atoms with van der Waals surface area (Å²) in [7, 11) is 0. The number of amides is 3. The number of carbonyl (C=O) groups excluding carboxylic acids is 3. The molecule has 3 amide bonds. The first kappa shape index (κ1) is 20.9. The summed E-state index contributed by atoms with van der Waals surface area (Å²) in [6, 6.07) is 15.1. The Hall–Kier alpha value is -3.94. The molecule has 0 aliphatic carbocycles. The van der Waals surface area contributed by atoms with Crippen LogP contribution < -0.4 is 4.90 Å².